The zero-order valence-electron chi connectivity index (χ0n) is 10.0. The average Bonchev–Trinajstić information content (AvgIpc) is 2.27. The summed E-state index contributed by atoms with van der Waals surface area (Å²) in [7, 11) is 0. The summed E-state index contributed by atoms with van der Waals surface area (Å²) in [5.41, 5.74) is 2.72. The van der Waals surface area contributed by atoms with Crippen molar-refractivity contribution in [3.05, 3.63) is 42.0 Å². The molecule has 1 nitrogen and oxygen atoms in total. The molecule has 0 unspecified atom stereocenters. The van der Waals surface area contributed by atoms with Gasteiger partial charge >= 0.3 is 0 Å². The first kappa shape index (κ1) is 12.0. The molecule has 0 aliphatic rings. The largest absolute Gasteiger partial charge is 0.308 e. The molecule has 0 radical (unpaired) electrons. The second kappa shape index (κ2) is 5.13. The lowest BCUT2D eigenvalue weighted by molar-refractivity contribution is 0.374. The monoisotopic (exact) mass is 203 g/mol. The van der Waals surface area contributed by atoms with E-state index in [0.29, 0.717) is 0 Å². The first-order valence-corrected chi connectivity index (χ1v) is 5.54. The molecule has 15 heavy (non-hydrogen) atoms. The van der Waals surface area contributed by atoms with Crippen LogP contribution < -0.4 is 5.32 Å². The van der Waals surface area contributed by atoms with Gasteiger partial charge in [-0.1, -0.05) is 43.8 Å². The lowest BCUT2D eigenvalue weighted by Crippen LogP contribution is -2.37. The molecule has 0 aliphatic carbocycles. The summed E-state index contributed by atoms with van der Waals surface area (Å²) in [4.78, 5) is 0. The fourth-order valence-corrected chi connectivity index (χ4v) is 1.24. The highest BCUT2D eigenvalue weighted by atomic mass is 14.9. The van der Waals surface area contributed by atoms with Crippen LogP contribution in [0.3, 0.4) is 0 Å². The van der Waals surface area contributed by atoms with Crippen LogP contribution in [0.1, 0.15) is 38.3 Å². The maximum Gasteiger partial charge on any atom is 0.0210 e. The number of hydrogen-bond donors (Lipinski definition) is 1. The molecule has 1 N–H and O–H groups in total. The lowest BCUT2D eigenvalue weighted by atomic mass is 10.0. The summed E-state index contributed by atoms with van der Waals surface area (Å²) >= 11 is 0. The molecule has 0 spiro atoms. The second-order valence-corrected chi connectivity index (χ2v) is 4.54. The topological polar surface area (TPSA) is 12.0 Å². The molecule has 0 aromatic heterocycles. The molecule has 1 heteroatoms. The van der Waals surface area contributed by atoms with Crippen LogP contribution in [0.2, 0.25) is 0 Å². The minimum Gasteiger partial charge on any atom is -0.308 e. The van der Waals surface area contributed by atoms with Crippen molar-refractivity contribution < 1.29 is 0 Å². The molecular formula is C14H21N. The summed E-state index contributed by atoms with van der Waals surface area (Å²) < 4.78 is 0. The predicted octanol–water partition coefficient (Wildman–Crippen LogP) is 3.61. The third kappa shape index (κ3) is 3.88. The summed E-state index contributed by atoms with van der Waals surface area (Å²) in [6.45, 7) is 11.3. The van der Waals surface area contributed by atoms with Gasteiger partial charge in [-0.05, 0) is 31.4 Å². The van der Waals surface area contributed by atoms with Gasteiger partial charge in [0.05, 0.1) is 0 Å². The first-order chi connectivity index (χ1) is 7.07. The SMILES string of the molecule is C=Cc1ccc(CNC(C)(C)CC)cc1. The van der Waals surface area contributed by atoms with Crippen LogP contribution in [0.15, 0.2) is 30.8 Å². The van der Waals surface area contributed by atoms with Crippen molar-refractivity contribution in [1.29, 1.82) is 0 Å². The van der Waals surface area contributed by atoms with Crippen LogP contribution in [0.4, 0.5) is 0 Å². The van der Waals surface area contributed by atoms with Crippen LogP contribution >= 0.6 is 0 Å². The van der Waals surface area contributed by atoms with Gasteiger partial charge in [0.25, 0.3) is 0 Å². The van der Waals surface area contributed by atoms with Crippen LogP contribution in [0.5, 0.6) is 0 Å². The highest BCUT2D eigenvalue weighted by Crippen LogP contribution is 2.10. The molecule has 0 saturated carbocycles. The molecular weight excluding hydrogens is 182 g/mol. The maximum absolute atomic E-state index is 3.74. The third-order valence-electron chi connectivity index (χ3n) is 2.87. The van der Waals surface area contributed by atoms with Crippen molar-refractivity contribution in [3.63, 3.8) is 0 Å². The quantitative estimate of drug-likeness (QED) is 0.771. The first-order valence-electron chi connectivity index (χ1n) is 5.54. The van der Waals surface area contributed by atoms with Gasteiger partial charge in [-0.3, -0.25) is 0 Å². The third-order valence-corrected chi connectivity index (χ3v) is 2.87. The van der Waals surface area contributed by atoms with E-state index in [1.165, 1.54) is 11.1 Å². The fraction of sp³-hybridized carbons (Fsp3) is 0.429. The minimum absolute atomic E-state index is 0.219. The standard InChI is InChI=1S/C14H21N/c1-5-12-7-9-13(10-8-12)11-15-14(3,4)6-2/h5,7-10,15H,1,6,11H2,2-4H3. The molecule has 0 fully saturated rings. The van der Waals surface area contributed by atoms with Gasteiger partial charge < -0.3 is 5.32 Å². The molecule has 0 heterocycles. The van der Waals surface area contributed by atoms with Gasteiger partial charge in [0, 0.05) is 12.1 Å². The number of rotatable bonds is 5. The van der Waals surface area contributed by atoms with Gasteiger partial charge in [-0.25, -0.2) is 0 Å². The summed E-state index contributed by atoms with van der Waals surface area (Å²) in [5, 5.41) is 3.54. The Balaban J connectivity index is 2.54. The van der Waals surface area contributed by atoms with E-state index in [-0.39, 0.29) is 5.54 Å². The Morgan fingerprint density at radius 1 is 1.27 bits per heavy atom. The molecule has 0 saturated heterocycles. The van der Waals surface area contributed by atoms with Crippen LogP contribution in [0, 0.1) is 0 Å². The van der Waals surface area contributed by atoms with Crippen molar-refractivity contribution >= 4 is 6.08 Å². The van der Waals surface area contributed by atoms with Crippen molar-refractivity contribution in [2.45, 2.75) is 39.3 Å². The van der Waals surface area contributed by atoms with Crippen molar-refractivity contribution in [2.75, 3.05) is 0 Å². The summed E-state index contributed by atoms with van der Waals surface area (Å²) in [5.74, 6) is 0. The van der Waals surface area contributed by atoms with Crippen LogP contribution in [0.25, 0.3) is 6.08 Å². The maximum atomic E-state index is 3.74. The van der Waals surface area contributed by atoms with E-state index in [1.807, 2.05) is 6.08 Å². The Kier molecular flexibility index (Phi) is 4.10. The molecule has 82 valence electrons. The van der Waals surface area contributed by atoms with E-state index < -0.39 is 0 Å². The zero-order chi connectivity index (χ0) is 11.3. The van der Waals surface area contributed by atoms with E-state index in [2.05, 4.69) is 56.9 Å². The molecule has 1 aromatic carbocycles. The lowest BCUT2D eigenvalue weighted by Gasteiger charge is -2.24. The number of benzene rings is 1. The molecule has 0 aliphatic heterocycles. The van der Waals surface area contributed by atoms with E-state index in [4.69, 9.17) is 0 Å². The van der Waals surface area contributed by atoms with Gasteiger partial charge in [0.15, 0.2) is 0 Å². The highest BCUT2D eigenvalue weighted by molar-refractivity contribution is 5.47. The zero-order valence-corrected chi connectivity index (χ0v) is 10.0. The van der Waals surface area contributed by atoms with Crippen molar-refractivity contribution in [3.8, 4) is 0 Å². The average molecular weight is 203 g/mol. The Morgan fingerprint density at radius 3 is 2.33 bits per heavy atom. The predicted molar refractivity (Wildman–Crippen MR) is 67.7 cm³/mol. The minimum atomic E-state index is 0.219. The Bertz CT molecular complexity index is 309. The van der Waals surface area contributed by atoms with Gasteiger partial charge in [0.2, 0.25) is 0 Å². The molecule has 0 bridgehead atoms. The summed E-state index contributed by atoms with van der Waals surface area (Å²) in [6.07, 6.45) is 3.00. The molecule has 0 amide bonds. The van der Waals surface area contributed by atoms with E-state index in [0.717, 1.165) is 13.0 Å². The van der Waals surface area contributed by atoms with Crippen LogP contribution in [-0.4, -0.2) is 5.54 Å². The van der Waals surface area contributed by atoms with E-state index in [9.17, 15) is 0 Å². The second-order valence-electron chi connectivity index (χ2n) is 4.54. The Labute approximate surface area is 93.2 Å². The number of hydrogen-bond acceptors (Lipinski definition) is 1. The summed E-state index contributed by atoms with van der Waals surface area (Å²) in [6, 6.07) is 8.50. The Hall–Kier alpha value is -1.08. The molecule has 0 atom stereocenters. The van der Waals surface area contributed by atoms with E-state index >= 15 is 0 Å². The van der Waals surface area contributed by atoms with E-state index in [1.54, 1.807) is 0 Å². The normalized spacial score (nSPS) is 11.4. The van der Waals surface area contributed by atoms with Gasteiger partial charge in [0.1, 0.15) is 0 Å². The van der Waals surface area contributed by atoms with Gasteiger partial charge in [-0.15, -0.1) is 0 Å². The smallest absolute Gasteiger partial charge is 0.0210 e. The molecule has 1 rings (SSSR count). The molecule has 1 aromatic rings. The van der Waals surface area contributed by atoms with Crippen molar-refractivity contribution in [2.24, 2.45) is 0 Å². The number of nitrogens with one attached hydrogen (secondary N) is 1. The highest BCUT2D eigenvalue weighted by Gasteiger charge is 2.12. The van der Waals surface area contributed by atoms with Crippen molar-refractivity contribution in [1.82, 2.24) is 5.32 Å². The van der Waals surface area contributed by atoms with Crippen LogP contribution in [-0.2, 0) is 6.54 Å². The fourth-order valence-electron chi connectivity index (χ4n) is 1.24. The van der Waals surface area contributed by atoms with Gasteiger partial charge in [-0.2, -0.15) is 0 Å². The Morgan fingerprint density at radius 2 is 1.87 bits per heavy atom.